The molecule has 5 nitrogen and oxygen atoms in total. The van der Waals surface area contributed by atoms with E-state index in [2.05, 4.69) is 15.6 Å². The van der Waals surface area contributed by atoms with Crippen LogP contribution in [0.15, 0.2) is 48.8 Å². The standard InChI is InChI=1S/C19H23N3O2/c1-14-6-4-5-7-16(14)13-22-18(24)19(2,3)17(23)21-12-15-8-10-20-11-9-15/h4-11H,12-13H2,1-3H3,(H,21,23)(H,22,24). The van der Waals surface area contributed by atoms with Crippen molar-refractivity contribution in [1.29, 1.82) is 0 Å². The largest absolute Gasteiger partial charge is 0.351 e. The van der Waals surface area contributed by atoms with Gasteiger partial charge in [-0.2, -0.15) is 0 Å². The molecule has 0 spiro atoms. The second-order valence-corrected chi connectivity index (χ2v) is 6.27. The summed E-state index contributed by atoms with van der Waals surface area (Å²) in [6.45, 7) is 6.03. The van der Waals surface area contributed by atoms with Gasteiger partial charge in [0.05, 0.1) is 0 Å². The van der Waals surface area contributed by atoms with Crippen molar-refractivity contribution >= 4 is 11.8 Å². The normalized spacial score (nSPS) is 11.0. The molecule has 1 aromatic carbocycles. The van der Waals surface area contributed by atoms with Crippen molar-refractivity contribution in [3.05, 3.63) is 65.5 Å². The lowest BCUT2D eigenvalue weighted by atomic mass is 9.90. The third-order valence-corrected chi connectivity index (χ3v) is 4.04. The number of amides is 2. The number of carbonyl (C=O) groups is 2. The molecule has 5 heteroatoms. The minimum absolute atomic E-state index is 0.294. The van der Waals surface area contributed by atoms with E-state index in [1.54, 1.807) is 26.2 Å². The molecule has 0 fully saturated rings. The molecular weight excluding hydrogens is 302 g/mol. The first-order valence-corrected chi connectivity index (χ1v) is 7.91. The molecule has 0 aliphatic carbocycles. The number of benzene rings is 1. The zero-order valence-electron chi connectivity index (χ0n) is 14.3. The second-order valence-electron chi connectivity index (χ2n) is 6.27. The Morgan fingerprint density at radius 1 is 0.958 bits per heavy atom. The van der Waals surface area contributed by atoms with Gasteiger partial charge >= 0.3 is 0 Å². The Kier molecular flexibility index (Phi) is 5.68. The van der Waals surface area contributed by atoms with Crippen molar-refractivity contribution in [2.45, 2.75) is 33.9 Å². The maximum Gasteiger partial charge on any atom is 0.235 e. The van der Waals surface area contributed by atoms with E-state index in [4.69, 9.17) is 0 Å². The fourth-order valence-corrected chi connectivity index (χ4v) is 2.21. The van der Waals surface area contributed by atoms with Gasteiger partial charge in [-0.3, -0.25) is 14.6 Å². The molecule has 1 heterocycles. The molecule has 0 unspecified atom stereocenters. The highest BCUT2D eigenvalue weighted by Crippen LogP contribution is 2.16. The minimum atomic E-state index is -1.14. The molecule has 0 atom stereocenters. The Morgan fingerprint density at radius 2 is 1.54 bits per heavy atom. The van der Waals surface area contributed by atoms with E-state index < -0.39 is 5.41 Å². The van der Waals surface area contributed by atoms with Crippen LogP contribution in [0, 0.1) is 12.3 Å². The fraction of sp³-hybridized carbons (Fsp3) is 0.316. The van der Waals surface area contributed by atoms with Gasteiger partial charge in [-0.15, -0.1) is 0 Å². The summed E-state index contributed by atoms with van der Waals surface area (Å²) in [6, 6.07) is 11.5. The first kappa shape index (κ1) is 17.7. The summed E-state index contributed by atoms with van der Waals surface area (Å²) < 4.78 is 0. The Hall–Kier alpha value is -2.69. The van der Waals surface area contributed by atoms with E-state index in [9.17, 15) is 9.59 Å². The van der Waals surface area contributed by atoms with E-state index >= 15 is 0 Å². The number of aromatic nitrogens is 1. The van der Waals surface area contributed by atoms with Crippen molar-refractivity contribution < 1.29 is 9.59 Å². The lowest BCUT2D eigenvalue weighted by molar-refractivity contribution is -0.141. The van der Waals surface area contributed by atoms with Gasteiger partial charge in [-0.05, 0) is 49.6 Å². The zero-order chi connectivity index (χ0) is 17.6. The first-order chi connectivity index (χ1) is 11.4. The Labute approximate surface area is 142 Å². The smallest absolute Gasteiger partial charge is 0.235 e. The highest BCUT2D eigenvalue weighted by Gasteiger charge is 2.35. The van der Waals surface area contributed by atoms with E-state index in [0.717, 1.165) is 16.7 Å². The third-order valence-electron chi connectivity index (χ3n) is 4.04. The molecule has 2 N–H and O–H groups in total. The van der Waals surface area contributed by atoms with E-state index in [1.807, 2.05) is 43.3 Å². The van der Waals surface area contributed by atoms with Gasteiger partial charge in [0.2, 0.25) is 11.8 Å². The van der Waals surface area contributed by atoms with Crippen LogP contribution >= 0.6 is 0 Å². The van der Waals surface area contributed by atoms with E-state index in [-0.39, 0.29) is 11.8 Å². The van der Waals surface area contributed by atoms with Gasteiger partial charge in [0.25, 0.3) is 0 Å². The monoisotopic (exact) mass is 325 g/mol. The van der Waals surface area contributed by atoms with Gasteiger partial charge < -0.3 is 10.6 Å². The minimum Gasteiger partial charge on any atom is -0.351 e. The summed E-state index contributed by atoms with van der Waals surface area (Å²) in [7, 11) is 0. The summed E-state index contributed by atoms with van der Waals surface area (Å²) in [5.74, 6) is -0.598. The molecule has 2 rings (SSSR count). The van der Waals surface area contributed by atoms with Crippen molar-refractivity contribution in [3.8, 4) is 0 Å². The molecule has 0 aliphatic rings. The summed E-state index contributed by atoms with van der Waals surface area (Å²) in [5.41, 5.74) is 1.95. The van der Waals surface area contributed by atoms with Crippen LogP contribution in [0.1, 0.15) is 30.5 Å². The van der Waals surface area contributed by atoms with Crippen LogP contribution in [0.25, 0.3) is 0 Å². The lowest BCUT2D eigenvalue weighted by Gasteiger charge is -2.23. The van der Waals surface area contributed by atoms with Crippen LogP contribution in [-0.4, -0.2) is 16.8 Å². The topological polar surface area (TPSA) is 71.1 Å². The SMILES string of the molecule is Cc1ccccc1CNC(=O)C(C)(C)C(=O)NCc1ccncc1. The third kappa shape index (κ3) is 4.41. The molecule has 0 aliphatic heterocycles. The number of rotatable bonds is 6. The molecule has 2 amide bonds. The molecule has 1 aromatic heterocycles. The number of pyridine rings is 1. The molecule has 0 radical (unpaired) electrons. The van der Waals surface area contributed by atoms with Crippen LogP contribution in [0.3, 0.4) is 0 Å². The quantitative estimate of drug-likeness (QED) is 0.801. The summed E-state index contributed by atoms with van der Waals surface area (Å²) in [4.78, 5) is 28.7. The number of nitrogens with one attached hydrogen (secondary N) is 2. The molecule has 126 valence electrons. The van der Waals surface area contributed by atoms with Crippen LogP contribution in [0.2, 0.25) is 0 Å². The molecule has 2 aromatic rings. The lowest BCUT2D eigenvalue weighted by Crippen LogP contribution is -2.47. The Balaban J connectivity index is 1.91. The number of hydrogen-bond donors (Lipinski definition) is 2. The van der Waals surface area contributed by atoms with Gasteiger partial charge in [0, 0.05) is 25.5 Å². The number of nitrogens with zero attached hydrogens (tertiary/aromatic N) is 1. The summed E-state index contributed by atoms with van der Waals surface area (Å²) in [6.07, 6.45) is 3.34. The van der Waals surface area contributed by atoms with Crippen molar-refractivity contribution in [2.75, 3.05) is 0 Å². The van der Waals surface area contributed by atoms with Crippen molar-refractivity contribution in [3.63, 3.8) is 0 Å². The predicted octanol–water partition coefficient (Wildman–Crippen LogP) is 2.35. The van der Waals surface area contributed by atoms with E-state index in [1.165, 1.54) is 0 Å². The van der Waals surface area contributed by atoms with Gasteiger partial charge in [0.15, 0.2) is 0 Å². The highest BCUT2D eigenvalue weighted by atomic mass is 16.2. The number of hydrogen-bond acceptors (Lipinski definition) is 3. The average Bonchev–Trinajstić information content (AvgIpc) is 2.59. The van der Waals surface area contributed by atoms with Crippen LogP contribution in [0.4, 0.5) is 0 Å². The van der Waals surface area contributed by atoms with Crippen LogP contribution in [0.5, 0.6) is 0 Å². The average molecular weight is 325 g/mol. The number of aryl methyl sites for hydroxylation is 1. The van der Waals surface area contributed by atoms with Gasteiger partial charge in [-0.25, -0.2) is 0 Å². The summed E-state index contributed by atoms with van der Waals surface area (Å²) in [5, 5.41) is 5.65. The van der Waals surface area contributed by atoms with Crippen molar-refractivity contribution in [1.82, 2.24) is 15.6 Å². The van der Waals surface area contributed by atoms with Crippen LogP contribution in [-0.2, 0) is 22.7 Å². The highest BCUT2D eigenvalue weighted by molar-refractivity contribution is 6.04. The zero-order valence-corrected chi connectivity index (χ0v) is 14.3. The Morgan fingerprint density at radius 3 is 2.17 bits per heavy atom. The van der Waals surface area contributed by atoms with E-state index in [0.29, 0.717) is 13.1 Å². The molecular formula is C19H23N3O2. The molecule has 0 saturated carbocycles. The second kappa shape index (κ2) is 7.73. The predicted molar refractivity (Wildman–Crippen MR) is 92.9 cm³/mol. The fourth-order valence-electron chi connectivity index (χ4n) is 2.21. The number of carbonyl (C=O) groups excluding carboxylic acids is 2. The van der Waals surface area contributed by atoms with Crippen LogP contribution < -0.4 is 10.6 Å². The van der Waals surface area contributed by atoms with Gasteiger partial charge in [0.1, 0.15) is 5.41 Å². The Bertz CT molecular complexity index is 712. The molecule has 24 heavy (non-hydrogen) atoms. The maximum atomic E-state index is 12.4. The first-order valence-electron chi connectivity index (χ1n) is 7.91. The van der Waals surface area contributed by atoms with Crippen molar-refractivity contribution in [2.24, 2.45) is 5.41 Å². The molecule has 0 bridgehead atoms. The molecule has 0 saturated heterocycles. The van der Waals surface area contributed by atoms with Gasteiger partial charge in [-0.1, -0.05) is 24.3 Å². The summed E-state index contributed by atoms with van der Waals surface area (Å²) >= 11 is 0. The maximum absolute atomic E-state index is 12.4.